The second-order valence-electron chi connectivity index (χ2n) is 6.93. The minimum absolute atomic E-state index is 0.0299. The third-order valence-electron chi connectivity index (χ3n) is 4.03. The molecule has 1 saturated heterocycles. The first-order chi connectivity index (χ1) is 10.9. The van der Waals surface area contributed by atoms with E-state index in [0.717, 1.165) is 49.5 Å². The number of aromatic nitrogens is 4. The fourth-order valence-electron chi connectivity index (χ4n) is 2.69. The summed E-state index contributed by atoms with van der Waals surface area (Å²) in [6.07, 6.45) is 3.58. The number of piperazine rings is 1. The highest BCUT2D eigenvalue weighted by atomic mass is 15.3. The summed E-state index contributed by atoms with van der Waals surface area (Å²) in [5.74, 6) is 2.67. The molecule has 0 spiro atoms. The van der Waals surface area contributed by atoms with Crippen molar-refractivity contribution in [1.82, 2.24) is 19.9 Å². The summed E-state index contributed by atoms with van der Waals surface area (Å²) in [6.45, 7) is 12.1. The predicted molar refractivity (Wildman–Crippen MR) is 91.9 cm³/mol. The lowest BCUT2D eigenvalue weighted by atomic mass is 9.92. The molecule has 3 heterocycles. The van der Waals surface area contributed by atoms with Crippen molar-refractivity contribution in [1.29, 1.82) is 0 Å². The van der Waals surface area contributed by atoms with Crippen LogP contribution in [0.2, 0.25) is 0 Å². The van der Waals surface area contributed by atoms with Crippen LogP contribution in [0.1, 0.15) is 32.3 Å². The molecule has 0 aliphatic carbocycles. The SMILES string of the molecule is Cc1nc(N2CCN(c3ncccn3)CC2)cc(C(C)(C)C)n1. The van der Waals surface area contributed by atoms with Crippen molar-refractivity contribution in [3.8, 4) is 0 Å². The Morgan fingerprint density at radius 3 is 2.13 bits per heavy atom. The normalized spacial score (nSPS) is 15.8. The van der Waals surface area contributed by atoms with Crippen LogP contribution < -0.4 is 9.80 Å². The summed E-state index contributed by atoms with van der Waals surface area (Å²) < 4.78 is 0. The first-order valence-corrected chi connectivity index (χ1v) is 8.06. The monoisotopic (exact) mass is 312 g/mol. The summed E-state index contributed by atoms with van der Waals surface area (Å²) in [5, 5.41) is 0. The van der Waals surface area contributed by atoms with Gasteiger partial charge in [-0.05, 0) is 13.0 Å². The fraction of sp³-hybridized carbons (Fsp3) is 0.529. The van der Waals surface area contributed by atoms with Gasteiger partial charge in [-0.15, -0.1) is 0 Å². The molecule has 0 bridgehead atoms. The zero-order chi connectivity index (χ0) is 16.4. The first-order valence-electron chi connectivity index (χ1n) is 8.06. The number of rotatable bonds is 2. The van der Waals surface area contributed by atoms with E-state index in [-0.39, 0.29) is 5.41 Å². The molecule has 0 saturated carbocycles. The van der Waals surface area contributed by atoms with Crippen LogP contribution in [0.15, 0.2) is 24.5 Å². The molecule has 0 atom stereocenters. The Balaban J connectivity index is 1.74. The lowest BCUT2D eigenvalue weighted by Crippen LogP contribution is -2.47. The molecule has 23 heavy (non-hydrogen) atoms. The van der Waals surface area contributed by atoms with E-state index in [1.54, 1.807) is 12.4 Å². The topological polar surface area (TPSA) is 58.0 Å². The standard InChI is InChI=1S/C17H24N6/c1-13-20-14(17(2,3)4)12-15(21-13)22-8-10-23(11-9-22)16-18-6-5-7-19-16/h5-7,12H,8-11H2,1-4H3. The molecule has 0 N–H and O–H groups in total. The second-order valence-corrected chi connectivity index (χ2v) is 6.93. The van der Waals surface area contributed by atoms with Crippen LogP contribution in [-0.2, 0) is 5.41 Å². The highest BCUT2D eigenvalue weighted by Crippen LogP contribution is 2.24. The van der Waals surface area contributed by atoms with Crippen molar-refractivity contribution in [2.24, 2.45) is 0 Å². The second kappa shape index (κ2) is 6.10. The van der Waals surface area contributed by atoms with E-state index < -0.39 is 0 Å². The molecule has 0 amide bonds. The fourth-order valence-corrected chi connectivity index (χ4v) is 2.69. The Bertz CT molecular complexity index is 657. The Labute approximate surface area is 137 Å². The molecular formula is C17H24N6. The van der Waals surface area contributed by atoms with Gasteiger partial charge in [-0.2, -0.15) is 0 Å². The van der Waals surface area contributed by atoms with Gasteiger partial charge in [0.25, 0.3) is 0 Å². The minimum atomic E-state index is 0.0299. The van der Waals surface area contributed by atoms with Gasteiger partial charge in [-0.3, -0.25) is 0 Å². The number of hydrogen-bond acceptors (Lipinski definition) is 6. The summed E-state index contributed by atoms with van der Waals surface area (Å²) >= 11 is 0. The van der Waals surface area contributed by atoms with Crippen LogP contribution in [0.5, 0.6) is 0 Å². The van der Waals surface area contributed by atoms with Gasteiger partial charge < -0.3 is 9.80 Å². The van der Waals surface area contributed by atoms with Gasteiger partial charge in [-0.1, -0.05) is 20.8 Å². The highest BCUT2D eigenvalue weighted by molar-refractivity contribution is 5.44. The van der Waals surface area contributed by atoms with Gasteiger partial charge >= 0.3 is 0 Å². The summed E-state index contributed by atoms with van der Waals surface area (Å²) in [7, 11) is 0. The van der Waals surface area contributed by atoms with E-state index in [9.17, 15) is 0 Å². The molecule has 6 heteroatoms. The Morgan fingerprint density at radius 1 is 0.913 bits per heavy atom. The maximum Gasteiger partial charge on any atom is 0.225 e. The molecular weight excluding hydrogens is 288 g/mol. The molecule has 0 aromatic carbocycles. The van der Waals surface area contributed by atoms with Crippen molar-refractivity contribution in [2.45, 2.75) is 33.1 Å². The third-order valence-corrected chi connectivity index (χ3v) is 4.03. The Hall–Kier alpha value is -2.24. The minimum Gasteiger partial charge on any atom is -0.353 e. The van der Waals surface area contributed by atoms with Crippen LogP contribution in [0.4, 0.5) is 11.8 Å². The van der Waals surface area contributed by atoms with Crippen LogP contribution in [0, 0.1) is 6.92 Å². The van der Waals surface area contributed by atoms with Crippen LogP contribution >= 0.6 is 0 Å². The Morgan fingerprint density at radius 2 is 1.52 bits per heavy atom. The third kappa shape index (κ3) is 3.57. The molecule has 1 aliphatic heterocycles. The van der Waals surface area contributed by atoms with Crippen LogP contribution in [0.25, 0.3) is 0 Å². The largest absolute Gasteiger partial charge is 0.353 e. The molecule has 0 radical (unpaired) electrons. The van der Waals surface area contributed by atoms with Gasteiger partial charge in [0.15, 0.2) is 0 Å². The van der Waals surface area contributed by atoms with E-state index in [1.807, 2.05) is 13.0 Å². The van der Waals surface area contributed by atoms with Gasteiger partial charge in [0.05, 0.1) is 5.69 Å². The Kier molecular flexibility index (Phi) is 4.15. The smallest absolute Gasteiger partial charge is 0.225 e. The molecule has 2 aromatic rings. The zero-order valence-corrected chi connectivity index (χ0v) is 14.3. The van der Waals surface area contributed by atoms with Crippen molar-refractivity contribution < 1.29 is 0 Å². The molecule has 3 rings (SSSR count). The van der Waals surface area contributed by atoms with Crippen molar-refractivity contribution in [3.63, 3.8) is 0 Å². The summed E-state index contributed by atoms with van der Waals surface area (Å²) in [5.41, 5.74) is 1.12. The molecule has 1 aliphatic rings. The average molecular weight is 312 g/mol. The number of anilines is 2. The van der Waals surface area contributed by atoms with Gasteiger partial charge in [0, 0.05) is 50.1 Å². The van der Waals surface area contributed by atoms with E-state index in [4.69, 9.17) is 0 Å². The van der Waals surface area contributed by atoms with Crippen molar-refractivity contribution in [2.75, 3.05) is 36.0 Å². The summed E-state index contributed by atoms with van der Waals surface area (Å²) in [4.78, 5) is 22.4. The highest BCUT2D eigenvalue weighted by Gasteiger charge is 2.23. The zero-order valence-electron chi connectivity index (χ0n) is 14.3. The van der Waals surface area contributed by atoms with Crippen LogP contribution in [0.3, 0.4) is 0 Å². The lowest BCUT2D eigenvalue weighted by Gasteiger charge is -2.35. The van der Waals surface area contributed by atoms with Crippen molar-refractivity contribution >= 4 is 11.8 Å². The number of hydrogen-bond donors (Lipinski definition) is 0. The van der Waals surface area contributed by atoms with Crippen LogP contribution in [-0.4, -0.2) is 46.1 Å². The van der Waals surface area contributed by atoms with E-state index in [1.165, 1.54) is 0 Å². The van der Waals surface area contributed by atoms with Crippen molar-refractivity contribution in [3.05, 3.63) is 36.0 Å². The molecule has 122 valence electrons. The summed E-state index contributed by atoms with van der Waals surface area (Å²) in [6, 6.07) is 3.97. The van der Waals surface area contributed by atoms with E-state index in [2.05, 4.69) is 56.6 Å². The predicted octanol–water partition coefficient (Wildman–Crippen LogP) is 2.20. The van der Waals surface area contributed by atoms with Gasteiger partial charge in [0.2, 0.25) is 5.95 Å². The molecule has 6 nitrogen and oxygen atoms in total. The number of aryl methyl sites for hydroxylation is 1. The van der Waals surface area contributed by atoms with E-state index in [0.29, 0.717) is 0 Å². The maximum atomic E-state index is 4.63. The first kappa shape index (κ1) is 15.6. The molecule has 1 fully saturated rings. The van der Waals surface area contributed by atoms with Gasteiger partial charge in [0.1, 0.15) is 11.6 Å². The molecule has 0 unspecified atom stereocenters. The number of nitrogens with zero attached hydrogens (tertiary/aromatic N) is 6. The maximum absolute atomic E-state index is 4.63. The average Bonchev–Trinajstić information content (AvgIpc) is 2.54. The quantitative estimate of drug-likeness (QED) is 0.847. The lowest BCUT2D eigenvalue weighted by molar-refractivity contribution is 0.561. The van der Waals surface area contributed by atoms with Gasteiger partial charge in [-0.25, -0.2) is 19.9 Å². The van der Waals surface area contributed by atoms with E-state index >= 15 is 0 Å². The molecule has 2 aromatic heterocycles.